The first-order valence-corrected chi connectivity index (χ1v) is 10.9. The Morgan fingerprint density at radius 1 is 0.970 bits per heavy atom. The minimum atomic E-state index is -0.929. The summed E-state index contributed by atoms with van der Waals surface area (Å²) in [7, 11) is 1.51. The summed E-state index contributed by atoms with van der Waals surface area (Å²) in [5.74, 6) is -0.774. The molecule has 7 nitrogen and oxygen atoms in total. The number of aromatic nitrogens is 1. The molecule has 0 radical (unpaired) electrons. The van der Waals surface area contributed by atoms with Crippen molar-refractivity contribution >= 4 is 17.5 Å². The lowest BCUT2D eigenvalue weighted by Crippen LogP contribution is -2.38. The van der Waals surface area contributed by atoms with Gasteiger partial charge in [0.2, 0.25) is 5.76 Å². The van der Waals surface area contributed by atoms with Gasteiger partial charge >= 0.3 is 0 Å². The van der Waals surface area contributed by atoms with E-state index in [4.69, 9.17) is 4.52 Å². The van der Waals surface area contributed by atoms with Crippen LogP contribution in [0.5, 0.6) is 0 Å². The highest BCUT2D eigenvalue weighted by Gasteiger charge is 2.31. The molecule has 1 heterocycles. The Morgan fingerprint density at radius 2 is 1.55 bits per heavy atom. The van der Waals surface area contributed by atoms with Crippen molar-refractivity contribution in [3.05, 3.63) is 87.4 Å². The Kier molecular flexibility index (Phi) is 6.91. The molecule has 2 N–H and O–H groups in total. The van der Waals surface area contributed by atoms with Crippen molar-refractivity contribution in [1.82, 2.24) is 10.1 Å². The van der Waals surface area contributed by atoms with Crippen LogP contribution >= 0.6 is 0 Å². The zero-order valence-corrected chi connectivity index (χ0v) is 19.9. The highest BCUT2D eigenvalue weighted by Crippen LogP contribution is 2.27. The number of H-pyrrole nitrogens is 1. The van der Waals surface area contributed by atoms with E-state index in [-0.39, 0.29) is 17.1 Å². The number of anilines is 1. The summed E-state index contributed by atoms with van der Waals surface area (Å²) in [6.45, 7) is 10.5. The number of likely N-dealkylation sites (N-methyl/N-ethyl adjacent to an activating group) is 1. The van der Waals surface area contributed by atoms with E-state index in [0.717, 1.165) is 17.2 Å². The molecule has 1 atom stereocenters. The average Bonchev–Trinajstić information content (AvgIpc) is 3.19. The molecular formula is C26H31N3O4. The van der Waals surface area contributed by atoms with Gasteiger partial charge < -0.3 is 14.7 Å². The third-order valence-electron chi connectivity index (χ3n) is 5.63. The summed E-state index contributed by atoms with van der Waals surface area (Å²) in [5, 5.41) is 5.03. The topological polar surface area (TPSA) is 95.4 Å². The summed E-state index contributed by atoms with van der Waals surface area (Å²) in [6.07, 6.45) is 0. The second kappa shape index (κ2) is 9.48. The number of aromatic amines is 1. The SMILES string of the molecule is CC(C)c1ccc(C(C(=O)Nc2ccc(C(C)(C)C)cc2)N(C)C(=O)c2cc(=O)[nH]o2)cc1. The van der Waals surface area contributed by atoms with Crippen LogP contribution in [0.15, 0.2) is 63.9 Å². The van der Waals surface area contributed by atoms with Crippen LogP contribution in [0.2, 0.25) is 0 Å². The molecule has 0 bridgehead atoms. The van der Waals surface area contributed by atoms with Crippen LogP contribution in [0.3, 0.4) is 0 Å². The van der Waals surface area contributed by atoms with Crippen LogP contribution < -0.4 is 10.9 Å². The molecule has 3 aromatic rings. The third-order valence-corrected chi connectivity index (χ3v) is 5.63. The van der Waals surface area contributed by atoms with Crippen LogP contribution in [-0.2, 0) is 10.2 Å². The van der Waals surface area contributed by atoms with Gasteiger partial charge in [-0.1, -0.05) is 71.0 Å². The lowest BCUT2D eigenvalue weighted by molar-refractivity contribution is -0.120. The smallest absolute Gasteiger partial charge is 0.293 e. The number of carbonyl (C=O) groups is 2. The molecule has 0 aliphatic rings. The largest absolute Gasteiger partial charge is 0.373 e. The maximum absolute atomic E-state index is 13.4. The Balaban J connectivity index is 1.92. The van der Waals surface area contributed by atoms with E-state index in [1.807, 2.05) is 48.5 Å². The first kappa shape index (κ1) is 24.0. The standard InChI is InChI=1S/C26H31N3O4/c1-16(2)17-7-9-18(10-8-17)23(29(6)25(32)21-15-22(30)28-33-21)24(31)27-20-13-11-19(12-14-20)26(3,4)5/h7-16,23H,1-6H3,(H,27,31)(H,28,30). The van der Waals surface area contributed by atoms with Gasteiger partial charge in [0.05, 0.1) is 6.07 Å². The van der Waals surface area contributed by atoms with Gasteiger partial charge in [0.1, 0.15) is 6.04 Å². The summed E-state index contributed by atoms with van der Waals surface area (Å²) in [5.41, 5.74) is 3.03. The lowest BCUT2D eigenvalue weighted by Gasteiger charge is -2.27. The third kappa shape index (κ3) is 5.61. The molecule has 0 aliphatic carbocycles. The van der Waals surface area contributed by atoms with E-state index in [0.29, 0.717) is 17.2 Å². The van der Waals surface area contributed by atoms with Crippen LogP contribution in [0.25, 0.3) is 0 Å². The molecule has 7 heteroatoms. The van der Waals surface area contributed by atoms with Gasteiger partial charge in [-0.05, 0) is 40.2 Å². The van der Waals surface area contributed by atoms with Crippen molar-refractivity contribution in [3.63, 3.8) is 0 Å². The van der Waals surface area contributed by atoms with Crippen molar-refractivity contribution in [2.45, 2.75) is 52.0 Å². The van der Waals surface area contributed by atoms with E-state index in [2.05, 4.69) is 45.1 Å². The molecule has 174 valence electrons. The summed E-state index contributed by atoms with van der Waals surface area (Å²) in [6, 6.07) is 15.4. The minimum absolute atomic E-state index is 0.00362. The molecule has 0 fully saturated rings. The van der Waals surface area contributed by atoms with E-state index in [1.54, 1.807) is 0 Å². The van der Waals surface area contributed by atoms with Gasteiger partial charge in [-0.2, -0.15) is 5.16 Å². The van der Waals surface area contributed by atoms with Crippen molar-refractivity contribution in [1.29, 1.82) is 0 Å². The van der Waals surface area contributed by atoms with Crippen LogP contribution in [0.1, 0.15) is 73.8 Å². The van der Waals surface area contributed by atoms with E-state index in [1.165, 1.54) is 11.9 Å². The Hall–Kier alpha value is -3.61. The van der Waals surface area contributed by atoms with Crippen molar-refractivity contribution < 1.29 is 14.1 Å². The number of carbonyl (C=O) groups excluding carboxylic acids is 2. The molecule has 0 saturated heterocycles. The molecular weight excluding hydrogens is 418 g/mol. The highest BCUT2D eigenvalue weighted by molar-refractivity contribution is 6.00. The van der Waals surface area contributed by atoms with Gasteiger partial charge in [0.15, 0.2) is 0 Å². The summed E-state index contributed by atoms with van der Waals surface area (Å²) in [4.78, 5) is 39.0. The molecule has 2 aromatic carbocycles. The second-order valence-electron chi connectivity index (χ2n) is 9.53. The maximum Gasteiger partial charge on any atom is 0.293 e. The fourth-order valence-electron chi connectivity index (χ4n) is 3.56. The zero-order chi connectivity index (χ0) is 24.3. The molecule has 3 rings (SSSR count). The van der Waals surface area contributed by atoms with Crippen LogP contribution in [0, 0.1) is 0 Å². The highest BCUT2D eigenvalue weighted by atomic mass is 16.5. The fourth-order valence-corrected chi connectivity index (χ4v) is 3.56. The van der Waals surface area contributed by atoms with Crippen molar-refractivity contribution in [2.75, 3.05) is 12.4 Å². The van der Waals surface area contributed by atoms with Crippen LogP contribution in [0.4, 0.5) is 5.69 Å². The average molecular weight is 450 g/mol. The Morgan fingerprint density at radius 3 is 2.03 bits per heavy atom. The molecule has 33 heavy (non-hydrogen) atoms. The Bertz CT molecular complexity index is 1170. The van der Waals surface area contributed by atoms with Gasteiger partial charge in [0.25, 0.3) is 17.4 Å². The minimum Gasteiger partial charge on any atom is -0.373 e. The first-order chi connectivity index (χ1) is 15.5. The number of benzene rings is 2. The second-order valence-corrected chi connectivity index (χ2v) is 9.53. The van der Waals surface area contributed by atoms with E-state index >= 15 is 0 Å². The van der Waals surface area contributed by atoms with Gasteiger partial charge in [-0.15, -0.1) is 0 Å². The number of nitrogens with one attached hydrogen (secondary N) is 2. The number of nitrogens with zero attached hydrogens (tertiary/aromatic N) is 1. The van der Waals surface area contributed by atoms with Crippen LogP contribution in [-0.4, -0.2) is 28.9 Å². The molecule has 0 saturated carbocycles. The first-order valence-electron chi connectivity index (χ1n) is 10.9. The maximum atomic E-state index is 13.4. The number of hydrogen-bond donors (Lipinski definition) is 2. The summed E-state index contributed by atoms with van der Waals surface area (Å²) >= 11 is 0. The normalized spacial score (nSPS) is 12.5. The molecule has 0 spiro atoms. The van der Waals surface area contributed by atoms with Crippen molar-refractivity contribution in [2.24, 2.45) is 0 Å². The molecule has 2 amide bonds. The summed E-state index contributed by atoms with van der Waals surface area (Å²) < 4.78 is 4.97. The number of rotatable bonds is 6. The Labute approximate surface area is 193 Å². The quantitative estimate of drug-likeness (QED) is 0.563. The van der Waals surface area contributed by atoms with E-state index < -0.39 is 17.5 Å². The monoisotopic (exact) mass is 449 g/mol. The molecule has 1 aromatic heterocycles. The molecule has 1 unspecified atom stereocenters. The number of amides is 2. The number of hydrogen-bond acceptors (Lipinski definition) is 4. The van der Waals surface area contributed by atoms with Gasteiger partial charge in [-0.25, -0.2) is 0 Å². The van der Waals surface area contributed by atoms with Gasteiger partial charge in [0, 0.05) is 12.7 Å². The zero-order valence-electron chi connectivity index (χ0n) is 19.9. The van der Waals surface area contributed by atoms with Crippen molar-refractivity contribution in [3.8, 4) is 0 Å². The lowest BCUT2D eigenvalue weighted by atomic mass is 9.87. The predicted molar refractivity (Wildman–Crippen MR) is 128 cm³/mol. The van der Waals surface area contributed by atoms with Gasteiger partial charge in [-0.3, -0.25) is 14.4 Å². The predicted octanol–water partition coefficient (Wildman–Crippen LogP) is 4.84. The van der Waals surface area contributed by atoms with E-state index in [9.17, 15) is 14.4 Å². The fraction of sp³-hybridized carbons (Fsp3) is 0.346. The molecule has 0 aliphatic heterocycles.